The summed E-state index contributed by atoms with van der Waals surface area (Å²) < 4.78 is 5.67. The van der Waals surface area contributed by atoms with Crippen LogP contribution < -0.4 is 10.6 Å². The van der Waals surface area contributed by atoms with Gasteiger partial charge in [-0.15, -0.1) is 0 Å². The molecule has 2 aliphatic rings. The minimum Gasteiger partial charge on any atom is -0.481 e. The molecule has 2 atom stereocenters. The van der Waals surface area contributed by atoms with E-state index in [1.807, 2.05) is 38.1 Å². The minimum atomic E-state index is -0.877. The number of fused-ring (bicyclic) bond motifs is 3. The van der Waals surface area contributed by atoms with E-state index >= 15 is 0 Å². The van der Waals surface area contributed by atoms with Crippen LogP contribution in [0.3, 0.4) is 0 Å². The molecule has 0 spiro atoms. The summed E-state index contributed by atoms with van der Waals surface area (Å²) in [5, 5.41) is 14.9. The highest BCUT2D eigenvalue weighted by atomic mass is 16.5. The van der Waals surface area contributed by atoms with E-state index in [-0.39, 0.29) is 36.8 Å². The maximum Gasteiger partial charge on any atom is 0.407 e. The van der Waals surface area contributed by atoms with Crippen LogP contribution in [0.25, 0.3) is 11.1 Å². The number of carboxylic acids is 1. The normalized spacial score (nSPS) is 19.4. The number of ether oxygens (including phenoxy) is 1. The summed E-state index contributed by atoms with van der Waals surface area (Å²) in [6.07, 6.45) is 2.85. The lowest BCUT2D eigenvalue weighted by atomic mass is 9.84. The highest BCUT2D eigenvalue weighted by molar-refractivity contribution is 5.80. The van der Waals surface area contributed by atoms with Gasteiger partial charge in [0.25, 0.3) is 0 Å². The summed E-state index contributed by atoms with van der Waals surface area (Å²) in [6.45, 7) is 3.93. The van der Waals surface area contributed by atoms with Crippen molar-refractivity contribution < 1.29 is 24.2 Å². The molecule has 7 nitrogen and oxygen atoms in total. The fourth-order valence-corrected chi connectivity index (χ4v) is 5.28. The van der Waals surface area contributed by atoms with Crippen molar-refractivity contribution in [1.29, 1.82) is 0 Å². The number of alkyl carbamates (subject to hydrolysis) is 1. The van der Waals surface area contributed by atoms with E-state index in [0.29, 0.717) is 12.8 Å². The smallest absolute Gasteiger partial charge is 0.407 e. The van der Waals surface area contributed by atoms with Gasteiger partial charge < -0.3 is 20.5 Å². The summed E-state index contributed by atoms with van der Waals surface area (Å²) in [7, 11) is 0. The molecule has 2 amide bonds. The Bertz CT molecular complexity index is 1050. The number of carbonyl (C=O) groups is 3. The topological polar surface area (TPSA) is 105 Å². The number of carboxylic acid groups (broad SMARTS) is 1. The molecule has 2 aromatic carbocycles. The van der Waals surface area contributed by atoms with Crippen LogP contribution in [-0.4, -0.2) is 41.3 Å². The van der Waals surface area contributed by atoms with Gasteiger partial charge >= 0.3 is 12.1 Å². The Labute approximate surface area is 206 Å². The zero-order valence-corrected chi connectivity index (χ0v) is 20.4. The quantitative estimate of drug-likeness (QED) is 0.503. The number of rotatable bonds is 8. The van der Waals surface area contributed by atoms with E-state index in [9.17, 15) is 14.4 Å². The molecule has 0 unspecified atom stereocenters. The predicted octanol–water partition coefficient (Wildman–Crippen LogP) is 4.84. The van der Waals surface area contributed by atoms with Gasteiger partial charge in [-0.2, -0.15) is 0 Å². The molecule has 0 aliphatic heterocycles. The maximum atomic E-state index is 12.8. The lowest BCUT2D eigenvalue weighted by molar-refractivity contribution is -0.138. The van der Waals surface area contributed by atoms with Crippen LogP contribution in [0.15, 0.2) is 48.5 Å². The zero-order valence-electron chi connectivity index (χ0n) is 20.4. The van der Waals surface area contributed by atoms with Crippen molar-refractivity contribution in [3.05, 3.63) is 59.7 Å². The first kappa shape index (κ1) is 24.8. The second-order valence-corrected chi connectivity index (χ2v) is 10.3. The average molecular weight is 479 g/mol. The molecule has 1 fully saturated rings. The first-order chi connectivity index (χ1) is 16.7. The first-order valence-electron chi connectivity index (χ1n) is 12.4. The molecule has 0 saturated heterocycles. The molecule has 2 aromatic rings. The van der Waals surface area contributed by atoms with Crippen LogP contribution >= 0.6 is 0 Å². The molecule has 1 saturated carbocycles. The second-order valence-electron chi connectivity index (χ2n) is 10.3. The fourth-order valence-electron chi connectivity index (χ4n) is 5.28. The number of carbonyl (C=O) groups excluding carboxylic acids is 2. The van der Waals surface area contributed by atoms with E-state index in [1.54, 1.807) is 0 Å². The van der Waals surface area contributed by atoms with Gasteiger partial charge in [0.15, 0.2) is 0 Å². The molecule has 186 valence electrons. The molecular formula is C28H34N2O5. The zero-order chi connectivity index (χ0) is 25.0. The highest BCUT2D eigenvalue weighted by Gasteiger charge is 2.32. The fraction of sp³-hybridized carbons (Fsp3) is 0.464. The van der Waals surface area contributed by atoms with Gasteiger partial charge in [-0.3, -0.25) is 9.59 Å². The maximum absolute atomic E-state index is 12.8. The van der Waals surface area contributed by atoms with Gasteiger partial charge in [-0.25, -0.2) is 4.79 Å². The van der Waals surface area contributed by atoms with Crippen LogP contribution in [0, 0.1) is 5.92 Å². The van der Waals surface area contributed by atoms with Crippen molar-refractivity contribution in [3.63, 3.8) is 0 Å². The number of aliphatic carboxylic acids is 1. The molecule has 0 aromatic heterocycles. The highest BCUT2D eigenvalue weighted by Crippen LogP contribution is 2.44. The molecular weight excluding hydrogens is 444 g/mol. The summed E-state index contributed by atoms with van der Waals surface area (Å²) in [5.74, 6) is -1.17. The molecule has 3 N–H and O–H groups in total. The Morgan fingerprint density at radius 3 is 2.26 bits per heavy atom. The van der Waals surface area contributed by atoms with E-state index in [2.05, 4.69) is 34.9 Å². The van der Waals surface area contributed by atoms with E-state index in [4.69, 9.17) is 9.84 Å². The Balaban J connectivity index is 1.30. The Morgan fingerprint density at radius 2 is 1.63 bits per heavy atom. The van der Waals surface area contributed by atoms with Crippen molar-refractivity contribution in [2.75, 3.05) is 6.61 Å². The van der Waals surface area contributed by atoms with Gasteiger partial charge in [-0.1, -0.05) is 55.0 Å². The molecule has 35 heavy (non-hydrogen) atoms. The largest absolute Gasteiger partial charge is 0.481 e. The van der Waals surface area contributed by atoms with Crippen LogP contribution in [0.2, 0.25) is 0 Å². The van der Waals surface area contributed by atoms with Gasteiger partial charge in [0.1, 0.15) is 6.61 Å². The van der Waals surface area contributed by atoms with Crippen molar-refractivity contribution in [3.8, 4) is 11.1 Å². The molecule has 0 heterocycles. The summed E-state index contributed by atoms with van der Waals surface area (Å²) >= 11 is 0. The minimum absolute atomic E-state index is 0.00388. The third kappa shape index (κ3) is 6.02. The standard InChI is InChI=1S/C28H34N2O5/c1-28(2,15-14-25(31)32)30-26(33)18-8-7-9-19(16-18)29-27(34)35-17-24-22-12-5-3-10-20(22)21-11-4-6-13-23(21)24/h3-6,10-13,18-19,24H,7-9,14-17H2,1-2H3,(H,29,34)(H,30,33)(H,31,32)/t18-,19+/m0/s1. The van der Waals surface area contributed by atoms with Gasteiger partial charge in [0.2, 0.25) is 5.91 Å². The van der Waals surface area contributed by atoms with Crippen LogP contribution in [0.1, 0.15) is 69.4 Å². The summed E-state index contributed by atoms with van der Waals surface area (Å²) in [4.78, 5) is 36.4. The number of benzene rings is 2. The Hall–Kier alpha value is -3.35. The van der Waals surface area contributed by atoms with Gasteiger partial charge in [0, 0.05) is 29.8 Å². The summed E-state index contributed by atoms with van der Waals surface area (Å²) in [6, 6.07) is 16.3. The SMILES string of the molecule is CC(C)(CCC(=O)O)NC(=O)[C@H]1CCC[C@@H](NC(=O)OCC2c3ccccc3-c3ccccc32)C1. The number of hydrogen-bond acceptors (Lipinski definition) is 4. The second kappa shape index (κ2) is 10.5. The van der Waals surface area contributed by atoms with Crippen LogP contribution in [0.4, 0.5) is 4.79 Å². The van der Waals surface area contributed by atoms with Crippen molar-refractivity contribution in [2.24, 2.45) is 5.92 Å². The van der Waals surface area contributed by atoms with Crippen molar-refractivity contribution >= 4 is 18.0 Å². The van der Waals surface area contributed by atoms with E-state index < -0.39 is 17.6 Å². The predicted molar refractivity (Wildman–Crippen MR) is 133 cm³/mol. The third-order valence-electron chi connectivity index (χ3n) is 7.14. The van der Waals surface area contributed by atoms with Crippen LogP contribution in [0.5, 0.6) is 0 Å². The molecule has 7 heteroatoms. The van der Waals surface area contributed by atoms with Crippen LogP contribution in [-0.2, 0) is 14.3 Å². The molecule has 4 rings (SSSR count). The molecule has 0 radical (unpaired) electrons. The number of amides is 2. The summed E-state index contributed by atoms with van der Waals surface area (Å²) in [5.41, 5.74) is 4.11. The van der Waals surface area contributed by atoms with Crippen molar-refractivity contribution in [2.45, 2.75) is 69.9 Å². The molecule has 2 aliphatic carbocycles. The number of nitrogens with one attached hydrogen (secondary N) is 2. The lowest BCUT2D eigenvalue weighted by Gasteiger charge is -2.32. The molecule has 0 bridgehead atoms. The van der Waals surface area contributed by atoms with Crippen molar-refractivity contribution in [1.82, 2.24) is 10.6 Å². The Kier molecular flexibility index (Phi) is 7.43. The monoisotopic (exact) mass is 478 g/mol. The average Bonchev–Trinajstić information content (AvgIpc) is 3.15. The first-order valence-corrected chi connectivity index (χ1v) is 12.4. The third-order valence-corrected chi connectivity index (χ3v) is 7.14. The van der Waals surface area contributed by atoms with E-state index in [0.717, 1.165) is 19.3 Å². The Morgan fingerprint density at radius 1 is 1.00 bits per heavy atom. The van der Waals surface area contributed by atoms with Gasteiger partial charge in [0.05, 0.1) is 0 Å². The van der Waals surface area contributed by atoms with Gasteiger partial charge in [-0.05, 0) is 61.8 Å². The van der Waals surface area contributed by atoms with E-state index in [1.165, 1.54) is 22.3 Å². The number of hydrogen-bond donors (Lipinski definition) is 3. The lowest BCUT2D eigenvalue weighted by Crippen LogP contribution is -2.49.